The van der Waals surface area contributed by atoms with E-state index in [2.05, 4.69) is 10.6 Å². The summed E-state index contributed by atoms with van der Waals surface area (Å²) in [5.41, 5.74) is 3.28. The molecule has 0 spiro atoms. The average molecular weight is 439 g/mol. The van der Waals surface area contributed by atoms with E-state index in [9.17, 15) is 9.59 Å². The Kier molecular flexibility index (Phi) is 7.55. The standard InChI is InChI=1S/C24H23ClN2O2S/c1-16-11-13-18(14-12-16)27-23(28)15-30-22-10-6-4-8-20(22)24(29)26-17(2)19-7-3-5-9-21(19)25/h3-14,17H,15H2,1-2H3,(H,26,29)(H,27,28). The van der Waals surface area contributed by atoms with Crippen molar-refractivity contribution in [2.75, 3.05) is 11.1 Å². The highest BCUT2D eigenvalue weighted by Crippen LogP contribution is 2.26. The van der Waals surface area contributed by atoms with Gasteiger partial charge in [-0.25, -0.2) is 0 Å². The summed E-state index contributed by atoms with van der Waals surface area (Å²) in [6.45, 7) is 3.89. The topological polar surface area (TPSA) is 58.2 Å². The third-order valence-corrected chi connectivity index (χ3v) is 5.96. The van der Waals surface area contributed by atoms with Crippen molar-refractivity contribution >= 4 is 40.9 Å². The molecule has 154 valence electrons. The molecule has 2 N–H and O–H groups in total. The van der Waals surface area contributed by atoms with E-state index in [0.717, 1.165) is 21.7 Å². The predicted octanol–water partition coefficient (Wildman–Crippen LogP) is 5.87. The van der Waals surface area contributed by atoms with Crippen LogP contribution in [0.2, 0.25) is 5.02 Å². The van der Waals surface area contributed by atoms with E-state index in [4.69, 9.17) is 11.6 Å². The second-order valence-corrected chi connectivity index (χ2v) is 8.34. The van der Waals surface area contributed by atoms with Crippen molar-refractivity contribution in [3.8, 4) is 0 Å². The number of carbonyl (C=O) groups is 2. The summed E-state index contributed by atoms with van der Waals surface area (Å²) in [4.78, 5) is 25.9. The van der Waals surface area contributed by atoms with Crippen LogP contribution in [0.1, 0.15) is 34.5 Å². The lowest BCUT2D eigenvalue weighted by Gasteiger charge is -2.17. The fraction of sp³-hybridized carbons (Fsp3) is 0.167. The maximum Gasteiger partial charge on any atom is 0.252 e. The third kappa shape index (κ3) is 5.88. The lowest BCUT2D eigenvalue weighted by Crippen LogP contribution is -2.27. The number of rotatable bonds is 7. The van der Waals surface area contributed by atoms with Gasteiger partial charge in [-0.15, -0.1) is 11.8 Å². The molecule has 4 nitrogen and oxygen atoms in total. The fourth-order valence-electron chi connectivity index (χ4n) is 2.94. The molecule has 3 aromatic carbocycles. The fourth-order valence-corrected chi connectivity index (χ4v) is 4.08. The highest BCUT2D eigenvalue weighted by Gasteiger charge is 2.17. The number of hydrogen-bond acceptors (Lipinski definition) is 3. The summed E-state index contributed by atoms with van der Waals surface area (Å²) in [6.07, 6.45) is 0. The molecule has 0 saturated heterocycles. The summed E-state index contributed by atoms with van der Waals surface area (Å²) < 4.78 is 0. The molecule has 0 saturated carbocycles. The van der Waals surface area contributed by atoms with Crippen molar-refractivity contribution in [2.24, 2.45) is 0 Å². The normalized spacial score (nSPS) is 11.6. The SMILES string of the molecule is Cc1ccc(NC(=O)CSc2ccccc2C(=O)NC(C)c2ccccc2Cl)cc1. The average Bonchev–Trinajstić information content (AvgIpc) is 2.74. The van der Waals surface area contributed by atoms with Gasteiger partial charge < -0.3 is 10.6 Å². The predicted molar refractivity (Wildman–Crippen MR) is 124 cm³/mol. The van der Waals surface area contributed by atoms with Crippen molar-refractivity contribution in [3.63, 3.8) is 0 Å². The van der Waals surface area contributed by atoms with Crippen molar-refractivity contribution in [1.82, 2.24) is 5.32 Å². The van der Waals surface area contributed by atoms with E-state index in [-0.39, 0.29) is 23.6 Å². The monoisotopic (exact) mass is 438 g/mol. The van der Waals surface area contributed by atoms with Gasteiger partial charge in [0, 0.05) is 15.6 Å². The molecule has 0 aliphatic heterocycles. The second kappa shape index (κ2) is 10.3. The molecule has 1 unspecified atom stereocenters. The smallest absolute Gasteiger partial charge is 0.252 e. The van der Waals surface area contributed by atoms with Gasteiger partial charge in [-0.3, -0.25) is 9.59 Å². The van der Waals surface area contributed by atoms with Gasteiger partial charge in [0.1, 0.15) is 0 Å². The summed E-state index contributed by atoms with van der Waals surface area (Å²) in [5.74, 6) is -0.119. The van der Waals surface area contributed by atoms with Crippen LogP contribution in [0.15, 0.2) is 77.7 Å². The number of nitrogens with one attached hydrogen (secondary N) is 2. The Morgan fingerprint density at radius 2 is 1.63 bits per heavy atom. The number of thioether (sulfide) groups is 1. The molecule has 30 heavy (non-hydrogen) atoms. The van der Waals surface area contributed by atoms with Gasteiger partial charge in [0.05, 0.1) is 17.4 Å². The third-order valence-electron chi connectivity index (χ3n) is 4.55. The van der Waals surface area contributed by atoms with E-state index in [1.807, 2.05) is 74.5 Å². The van der Waals surface area contributed by atoms with Gasteiger partial charge in [-0.1, -0.05) is 59.6 Å². The van der Waals surface area contributed by atoms with E-state index >= 15 is 0 Å². The molecule has 0 fully saturated rings. The first-order valence-corrected chi connectivity index (χ1v) is 10.9. The van der Waals surface area contributed by atoms with Crippen molar-refractivity contribution in [3.05, 3.63) is 94.5 Å². The Balaban J connectivity index is 1.63. The van der Waals surface area contributed by atoms with Gasteiger partial charge in [0.25, 0.3) is 5.91 Å². The molecule has 2 amide bonds. The van der Waals surface area contributed by atoms with E-state index in [0.29, 0.717) is 10.6 Å². The van der Waals surface area contributed by atoms with Crippen LogP contribution in [-0.2, 0) is 4.79 Å². The second-order valence-electron chi connectivity index (χ2n) is 6.92. The summed E-state index contributed by atoms with van der Waals surface area (Å²) in [5, 5.41) is 6.47. The summed E-state index contributed by atoms with van der Waals surface area (Å²) in [7, 11) is 0. The van der Waals surface area contributed by atoms with Crippen LogP contribution in [-0.4, -0.2) is 17.6 Å². The largest absolute Gasteiger partial charge is 0.345 e. The number of aryl methyl sites for hydroxylation is 1. The molecule has 0 bridgehead atoms. The van der Waals surface area contributed by atoms with Gasteiger partial charge in [0.2, 0.25) is 5.91 Å². The Hall–Kier alpha value is -2.76. The molecular formula is C24H23ClN2O2S. The lowest BCUT2D eigenvalue weighted by molar-refractivity contribution is -0.113. The Labute approximate surface area is 186 Å². The van der Waals surface area contributed by atoms with Gasteiger partial charge in [0.15, 0.2) is 0 Å². The molecule has 0 aliphatic carbocycles. The quantitative estimate of drug-likeness (QED) is 0.453. The highest BCUT2D eigenvalue weighted by atomic mass is 35.5. The number of carbonyl (C=O) groups excluding carboxylic acids is 2. The molecule has 0 radical (unpaired) electrons. The lowest BCUT2D eigenvalue weighted by atomic mass is 10.1. The summed E-state index contributed by atoms with van der Waals surface area (Å²) in [6, 6.07) is 22.1. The molecule has 1 atom stereocenters. The Morgan fingerprint density at radius 3 is 2.37 bits per heavy atom. The first-order valence-electron chi connectivity index (χ1n) is 9.57. The van der Waals surface area contributed by atoms with Crippen LogP contribution in [0.4, 0.5) is 5.69 Å². The maximum absolute atomic E-state index is 12.9. The zero-order valence-electron chi connectivity index (χ0n) is 16.8. The first-order chi connectivity index (χ1) is 14.4. The molecular weight excluding hydrogens is 416 g/mol. The Morgan fingerprint density at radius 1 is 0.967 bits per heavy atom. The van der Waals surface area contributed by atoms with Crippen LogP contribution < -0.4 is 10.6 Å². The first kappa shape index (κ1) is 21.9. The van der Waals surface area contributed by atoms with Crippen molar-refractivity contribution in [2.45, 2.75) is 24.8 Å². The minimum atomic E-state index is -0.242. The van der Waals surface area contributed by atoms with Gasteiger partial charge in [-0.05, 0) is 49.7 Å². The number of anilines is 1. The number of amides is 2. The number of halogens is 1. The molecule has 0 heterocycles. The molecule has 6 heteroatoms. The van der Waals surface area contributed by atoms with Gasteiger partial charge >= 0.3 is 0 Å². The van der Waals surface area contributed by atoms with Crippen LogP contribution in [0.25, 0.3) is 0 Å². The molecule has 3 rings (SSSR count). The molecule has 3 aromatic rings. The van der Waals surface area contributed by atoms with E-state index in [1.165, 1.54) is 11.8 Å². The van der Waals surface area contributed by atoms with Crippen molar-refractivity contribution in [1.29, 1.82) is 0 Å². The Bertz CT molecular complexity index is 1040. The van der Waals surface area contributed by atoms with Gasteiger partial charge in [-0.2, -0.15) is 0 Å². The number of benzene rings is 3. The van der Waals surface area contributed by atoms with Crippen LogP contribution in [0.3, 0.4) is 0 Å². The maximum atomic E-state index is 12.9. The summed E-state index contributed by atoms with van der Waals surface area (Å²) >= 11 is 7.57. The number of hydrogen-bond donors (Lipinski definition) is 2. The minimum Gasteiger partial charge on any atom is -0.345 e. The van der Waals surface area contributed by atoms with Crippen LogP contribution in [0, 0.1) is 6.92 Å². The zero-order chi connectivity index (χ0) is 21.5. The minimum absolute atomic E-state index is 0.122. The van der Waals surface area contributed by atoms with E-state index < -0.39 is 0 Å². The molecule has 0 aromatic heterocycles. The van der Waals surface area contributed by atoms with Crippen molar-refractivity contribution < 1.29 is 9.59 Å². The zero-order valence-corrected chi connectivity index (χ0v) is 18.4. The molecule has 0 aliphatic rings. The van der Waals surface area contributed by atoms with Crippen LogP contribution >= 0.6 is 23.4 Å². The van der Waals surface area contributed by atoms with Crippen LogP contribution in [0.5, 0.6) is 0 Å². The van der Waals surface area contributed by atoms with E-state index in [1.54, 1.807) is 12.1 Å². The highest BCUT2D eigenvalue weighted by molar-refractivity contribution is 8.00.